The van der Waals surface area contributed by atoms with Crippen molar-refractivity contribution < 1.29 is 9.47 Å². The van der Waals surface area contributed by atoms with Gasteiger partial charge in [-0.25, -0.2) is 0 Å². The monoisotopic (exact) mass is 692 g/mol. The Morgan fingerprint density at radius 3 is 1.35 bits per heavy atom. The van der Waals surface area contributed by atoms with Crippen LogP contribution in [0.1, 0.15) is 50.7 Å². The molecule has 0 bridgehead atoms. The van der Waals surface area contributed by atoms with Gasteiger partial charge in [0.15, 0.2) is 0 Å². The molecule has 0 atom stereocenters. The predicted molar refractivity (Wildman–Crippen MR) is 226 cm³/mol. The minimum Gasteiger partial charge on any atom is -0.458 e. The van der Waals surface area contributed by atoms with E-state index in [1.54, 1.807) is 0 Å². The molecule has 4 aliphatic heterocycles. The lowest BCUT2D eigenvalue weighted by molar-refractivity contribution is 0.466. The highest BCUT2D eigenvalue weighted by Crippen LogP contribution is 2.42. The predicted octanol–water partition coefficient (Wildman–Crippen LogP) is 8.00. The van der Waals surface area contributed by atoms with Crippen molar-refractivity contribution in [2.24, 2.45) is 0 Å². The van der Waals surface area contributed by atoms with Crippen LogP contribution in [0, 0.1) is 0 Å². The van der Waals surface area contributed by atoms with Crippen molar-refractivity contribution in [3.05, 3.63) is 132 Å². The maximum absolute atomic E-state index is 6.98. The van der Waals surface area contributed by atoms with Crippen LogP contribution in [0.2, 0.25) is 0 Å². The van der Waals surface area contributed by atoms with E-state index in [2.05, 4.69) is 158 Å². The fourth-order valence-corrected chi connectivity index (χ4v) is 10.5. The summed E-state index contributed by atoms with van der Waals surface area (Å²) >= 11 is 0. The molecule has 4 aliphatic rings. The molecule has 0 unspecified atom stereocenters. The number of fused-ring (bicyclic) bond motifs is 16. The van der Waals surface area contributed by atoms with E-state index in [0.29, 0.717) is 11.8 Å². The van der Waals surface area contributed by atoms with Crippen molar-refractivity contribution >= 4 is 89.8 Å². The Morgan fingerprint density at radius 1 is 0.426 bits per heavy atom. The van der Waals surface area contributed by atoms with E-state index in [-0.39, 0.29) is 13.4 Å². The number of ether oxygens (including phenoxy) is 2. The van der Waals surface area contributed by atoms with Crippen LogP contribution in [0.3, 0.4) is 0 Å². The first-order valence-electron chi connectivity index (χ1n) is 19.4. The molecule has 0 fully saturated rings. The van der Waals surface area contributed by atoms with Crippen LogP contribution in [0.15, 0.2) is 121 Å². The van der Waals surface area contributed by atoms with Gasteiger partial charge in [0.2, 0.25) is 0 Å². The number of hydrogen-bond acceptors (Lipinski definition) is 2. The van der Waals surface area contributed by atoms with E-state index in [1.165, 1.54) is 98.9 Å². The van der Waals surface area contributed by atoms with Crippen molar-refractivity contribution in [1.29, 1.82) is 0 Å². The lowest BCUT2D eigenvalue weighted by Crippen LogP contribution is -2.62. The van der Waals surface area contributed by atoms with Gasteiger partial charge in [-0.15, -0.1) is 0 Å². The first-order valence-corrected chi connectivity index (χ1v) is 19.4. The smallest absolute Gasteiger partial charge is 0.256 e. The second-order valence-corrected chi connectivity index (χ2v) is 16.4. The summed E-state index contributed by atoms with van der Waals surface area (Å²) in [5, 5.41) is 5.10. The molecule has 0 N–H and O–H groups in total. The quantitative estimate of drug-likeness (QED) is 0.172. The van der Waals surface area contributed by atoms with Gasteiger partial charge in [0.05, 0.1) is 22.1 Å². The number of para-hydroxylation sites is 2. The van der Waals surface area contributed by atoms with Crippen LogP contribution in [-0.4, -0.2) is 22.6 Å². The summed E-state index contributed by atoms with van der Waals surface area (Å²) in [5.41, 5.74) is 17.8. The van der Waals surface area contributed by atoms with Crippen LogP contribution >= 0.6 is 0 Å². The van der Waals surface area contributed by atoms with Gasteiger partial charge in [0.25, 0.3) is 13.4 Å². The zero-order valence-corrected chi connectivity index (χ0v) is 30.6. The van der Waals surface area contributed by atoms with Crippen molar-refractivity contribution in [2.45, 2.75) is 39.5 Å². The van der Waals surface area contributed by atoms with E-state index < -0.39 is 0 Å². The van der Waals surface area contributed by atoms with Crippen molar-refractivity contribution in [1.82, 2.24) is 9.13 Å². The van der Waals surface area contributed by atoms with Gasteiger partial charge >= 0.3 is 0 Å². The molecule has 0 radical (unpaired) electrons. The second-order valence-electron chi connectivity index (χ2n) is 16.4. The molecule has 0 aliphatic carbocycles. The fourth-order valence-electron chi connectivity index (χ4n) is 10.5. The molecule has 0 amide bonds. The van der Waals surface area contributed by atoms with Crippen LogP contribution in [0.5, 0.6) is 23.0 Å². The van der Waals surface area contributed by atoms with E-state index in [4.69, 9.17) is 9.47 Å². The van der Waals surface area contributed by atoms with E-state index in [0.717, 1.165) is 23.0 Å². The minimum absolute atomic E-state index is 0.0146. The topological polar surface area (TPSA) is 28.3 Å². The van der Waals surface area contributed by atoms with Crippen LogP contribution in [0.4, 0.5) is 0 Å². The molecule has 0 spiro atoms. The SMILES string of the molecule is CC(C)c1ccc2c(c1)-n1c3ccccc3c3ccc4c(c31)B2c1cc2c(cc1O4)Oc1ccc3c4ccccc4n4c3c1B2c1ccc(C(C)C)cc1-4. The van der Waals surface area contributed by atoms with Gasteiger partial charge in [-0.05, 0) is 104 Å². The average Bonchev–Trinajstić information content (AvgIpc) is 3.72. The third-order valence-electron chi connectivity index (χ3n) is 13.0. The summed E-state index contributed by atoms with van der Waals surface area (Å²) < 4.78 is 19.0. The minimum atomic E-state index is 0.0146. The molecule has 7 aromatic carbocycles. The standard InChI is InChI=1S/C48H34B2N2O2/c1-25(2)27-13-17-33-39(21-27)51-37-11-7-5-9-29(37)31-15-19-41-45(47(31)51)49(33)35-23-36-44(24-43(35)53-41)54-42-20-16-32-30-10-6-8-12-38(30)52-40-22-28(26(3)4)14-18-34(40)50(36)46(42)48(32)52/h5-26H,1-4H3. The summed E-state index contributed by atoms with van der Waals surface area (Å²) in [6.45, 7) is 9.18. The Hall–Kier alpha value is -6.13. The molecule has 2 aromatic heterocycles. The van der Waals surface area contributed by atoms with Gasteiger partial charge in [-0.3, -0.25) is 0 Å². The zero-order chi connectivity index (χ0) is 35.7. The van der Waals surface area contributed by atoms with Gasteiger partial charge in [0, 0.05) is 39.0 Å². The average molecular weight is 692 g/mol. The molecule has 0 saturated carbocycles. The summed E-state index contributed by atoms with van der Waals surface area (Å²) in [6.07, 6.45) is 0. The Balaban J connectivity index is 1.12. The van der Waals surface area contributed by atoms with Crippen molar-refractivity contribution in [3.63, 3.8) is 0 Å². The molecule has 6 heterocycles. The number of hydrogen-bond donors (Lipinski definition) is 0. The van der Waals surface area contributed by atoms with Crippen molar-refractivity contribution in [3.8, 4) is 34.4 Å². The van der Waals surface area contributed by atoms with Gasteiger partial charge in [-0.2, -0.15) is 0 Å². The molecule has 0 saturated heterocycles. The molecule has 4 nitrogen and oxygen atoms in total. The largest absolute Gasteiger partial charge is 0.458 e. The Bertz CT molecular complexity index is 2990. The van der Waals surface area contributed by atoms with E-state index >= 15 is 0 Å². The maximum Gasteiger partial charge on any atom is 0.256 e. The number of benzene rings is 7. The first-order chi connectivity index (χ1) is 26.4. The summed E-state index contributed by atoms with van der Waals surface area (Å²) in [7, 11) is 0. The summed E-state index contributed by atoms with van der Waals surface area (Å²) in [5.74, 6) is 4.43. The normalized spacial score (nSPS) is 14.1. The molecule has 6 heteroatoms. The van der Waals surface area contributed by atoms with Crippen LogP contribution < -0.4 is 42.3 Å². The highest BCUT2D eigenvalue weighted by atomic mass is 16.5. The van der Waals surface area contributed by atoms with E-state index in [9.17, 15) is 0 Å². The third kappa shape index (κ3) is 3.44. The lowest BCUT2D eigenvalue weighted by Gasteiger charge is -2.36. The molecular formula is C48H34B2N2O2. The molecule has 254 valence electrons. The number of nitrogens with zero attached hydrogens (tertiary/aromatic N) is 2. The molecule has 54 heavy (non-hydrogen) atoms. The molecular weight excluding hydrogens is 658 g/mol. The number of rotatable bonds is 2. The molecule has 9 aromatic rings. The summed E-state index contributed by atoms with van der Waals surface area (Å²) in [4.78, 5) is 0. The van der Waals surface area contributed by atoms with Gasteiger partial charge in [-0.1, -0.05) is 94.4 Å². The van der Waals surface area contributed by atoms with E-state index in [1.807, 2.05) is 0 Å². The summed E-state index contributed by atoms with van der Waals surface area (Å²) in [6, 6.07) is 45.5. The van der Waals surface area contributed by atoms with Gasteiger partial charge in [0.1, 0.15) is 23.0 Å². The van der Waals surface area contributed by atoms with Crippen molar-refractivity contribution in [2.75, 3.05) is 0 Å². The highest BCUT2D eigenvalue weighted by Gasteiger charge is 2.45. The van der Waals surface area contributed by atoms with Crippen LogP contribution in [0.25, 0.3) is 55.0 Å². The maximum atomic E-state index is 6.98. The second kappa shape index (κ2) is 9.89. The Labute approximate surface area is 313 Å². The Kier molecular flexibility index (Phi) is 5.37. The third-order valence-corrected chi connectivity index (χ3v) is 13.0. The first kappa shape index (κ1) is 29.3. The van der Waals surface area contributed by atoms with Crippen LogP contribution in [-0.2, 0) is 0 Å². The highest BCUT2D eigenvalue weighted by molar-refractivity contribution is 7.02. The zero-order valence-electron chi connectivity index (χ0n) is 30.6. The fraction of sp³-hybridized carbons (Fsp3) is 0.125. The molecule has 13 rings (SSSR count). The van der Waals surface area contributed by atoms with Gasteiger partial charge < -0.3 is 18.6 Å². The Morgan fingerprint density at radius 2 is 0.889 bits per heavy atom. The lowest BCUT2D eigenvalue weighted by atomic mass is 9.31. The number of aromatic nitrogens is 2.